The summed E-state index contributed by atoms with van der Waals surface area (Å²) < 4.78 is 1.55. The van der Waals surface area contributed by atoms with Gasteiger partial charge in [-0.25, -0.2) is 4.68 Å². The van der Waals surface area contributed by atoms with Crippen molar-refractivity contribution < 1.29 is 0 Å². The first kappa shape index (κ1) is 11.7. The summed E-state index contributed by atoms with van der Waals surface area (Å²) in [5.41, 5.74) is 1.76. The molecule has 1 aromatic carbocycles. The number of halogens is 1. The summed E-state index contributed by atoms with van der Waals surface area (Å²) in [7, 11) is 0. The fourth-order valence-corrected chi connectivity index (χ4v) is 1.75. The molecule has 17 heavy (non-hydrogen) atoms. The molecule has 0 saturated heterocycles. The quantitative estimate of drug-likeness (QED) is 0.891. The predicted molar refractivity (Wildman–Crippen MR) is 70.3 cm³/mol. The number of rotatable bonds is 3. The predicted octanol–water partition coefficient (Wildman–Crippen LogP) is 2.85. The molecule has 0 aliphatic rings. The fraction of sp³-hybridized carbons (Fsp3) is 0.154. The molecule has 0 amide bonds. The third-order valence-corrected chi connectivity index (χ3v) is 2.70. The maximum absolute atomic E-state index is 11.5. The van der Waals surface area contributed by atoms with Crippen molar-refractivity contribution in [3.63, 3.8) is 0 Å². The Labute approximate surface area is 104 Å². The third kappa shape index (κ3) is 2.88. The van der Waals surface area contributed by atoms with Crippen LogP contribution in [-0.2, 0) is 6.54 Å². The van der Waals surface area contributed by atoms with Crippen LogP contribution < -0.4 is 5.56 Å². The molecular weight excluding hydrogens is 236 g/mol. The number of benzene rings is 1. The van der Waals surface area contributed by atoms with E-state index in [1.54, 1.807) is 17.8 Å². The number of aromatic nitrogens is 2. The van der Waals surface area contributed by atoms with Crippen LogP contribution in [0.4, 0.5) is 0 Å². The van der Waals surface area contributed by atoms with Crippen LogP contribution in [0.3, 0.4) is 0 Å². The summed E-state index contributed by atoms with van der Waals surface area (Å²) in [5.74, 6) is 0. The van der Waals surface area contributed by atoms with E-state index >= 15 is 0 Å². The standard InChI is InChI=1S/C13H13ClN2O/c1-10-9-15-16(13(10)17)7-3-5-11-4-2-6-12(14)8-11/h2-6,8-9,15H,7H2,1H3. The van der Waals surface area contributed by atoms with Crippen molar-refractivity contribution in [2.45, 2.75) is 13.5 Å². The Bertz CT molecular complexity index is 595. The molecule has 0 atom stereocenters. The SMILES string of the molecule is Cc1c[nH]n(CC=Cc2cccc(Cl)c2)c1=O. The van der Waals surface area contributed by atoms with E-state index in [0.29, 0.717) is 11.6 Å². The molecular formula is C13H13ClN2O. The minimum absolute atomic E-state index is 0.0146. The summed E-state index contributed by atoms with van der Waals surface area (Å²) in [6, 6.07) is 7.57. The lowest BCUT2D eigenvalue weighted by Crippen LogP contribution is -2.16. The lowest BCUT2D eigenvalue weighted by Gasteiger charge is -1.96. The number of H-pyrrole nitrogens is 1. The Morgan fingerprint density at radius 3 is 2.94 bits per heavy atom. The Balaban J connectivity index is 2.08. The normalized spacial score (nSPS) is 11.2. The van der Waals surface area contributed by atoms with E-state index in [0.717, 1.165) is 11.1 Å². The van der Waals surface area contributed by atoms with Crippen LogP contribution >= 0.6 is 11.6 Å². The van der Waals surface area contributed by atoms with Gasteiger partial charge in [0, 0.05) is 16.8 Å². The van der Waals surface area contributed by atoms with Crippen molar-refractivity contribution in [2.24, 2.45) is 0 Å². The van der Waals surface area contributed by atoms with Gasteiger partial charge in [0.15, 0.2) is 0 Å². The number of aryl methyl sites for hydroxylation is 1. The van der Waals surface area contributed by atoms with Gasteiger partial charge >= 0.3 is 0 Å². The largest absolute Gasteiger partial charge is 0.302 e. The number of hydrogen-bond donors (Lipinski definition) is 1. The summed E-state index contributed by atoms with van der Waals surface area (Å²) >= 11 is 5.87. The van der Waals surface area contributed by atoms with Gasteiger partial charge in [-0.2, -0.15) is 0 Å². The van der Waals surface area contributed by atoms with Crippen molar-refractivity contribution in [3.8, 4) is 0 Å². The first-order chi connectivity index (χ1) is 8.16. The lowest BCUT2D eigenvalue weighted by molar-refractivity contribution is 0.678. The van der Waals surface area contributed by atoms with E-state index in [1.807, 2.05) is 36.4 Å². The van der Waals surface area contributed by atoms with Crippen LogP contribution in [0, 0.1) is 6.92 Å². The van der Waals surface area contributed by atoms with Gasteiger partial charge in [0.25, 0.3) is 5.56 Å². The summed E-state index contributed by atoms with van der Waals surface area (Å²) in [5, 5.41) is 3.61. The molecule has 0 fully saturated rings. The summed E-state index contributed by atoms with van der Waals surface area (Å²) in [6.45, 7) is 2.31. The highest BCUT2D eigenvalue weighted by molar-refractivity contribution is 6.30. The van der Waals surface area contributed by atoms with Crippen LogP contribution in [0.1, 0.15) is 11.1 Å². The van der Waals surface area contributed by atoms with Crippen LogP contribution in [-0.4, -0.2) is 9.78 Å². The number of allylic oxidation sites excluding steroid dienone is 1. The Kier molecular flexibility index (Phi) is 3.49. The molecule has 1 aromatic heterocycles. The summed E-state index contributed by atoms with van der Waals surface area (Å²) in [4.78, 5) is 11.5. The van der Waals surface area contributed by atoms with Gasteiger partial charge in [0.1, 0.15) is 0 Å². The Morgan fingerprint density at radius 1 is 1.47 bits per heavy atom. The van der Waals surface area contributed by atoms with Crippen molar-refractivity contribution in [1.29, 1.82) is 0 Å². The number of hydrogen-bond acceptors (Lipinski definition) is 1. The molecule has 3 nitrogen and oxygen atoms in total. The van der Waals surface area contributed by atoms with E-state index in [1.165, 1.54) is 0 Å². The Morgan fingerprint density at radius 2 is 2.29 bits per heavy atom. The Hall–Kier alpha value is -1.74. The highest BCUT2D eigenvalue weighted by atomic mass is 35.5. The van der Waals surface area contributed by atoms with Gasteiger partial charge in [0.05, 0.1) is 6.54 Å². The highest BCUT2D eigenvalue weighted by Gasteiger charge is 1.98. The van der Waals surface area contributed by atoms with E-state index in [9.17, 15) is 4.79 Å². The maximum Gasteiger partial charge on any atom is 0.269 e. The number of nitrogens with one attached hydrogen (secondary N) is 1. The fourth-order valence-electron chi connectivity index (χ4n) is 1.55. The average molecular weight is 249 g/mol. The average Bonchev–Trinajstić information content (AvgIpc) is 2.61. The maximum atomic E-state index is 11.5. The summed E-state index contributed by atoms with van der Waals surface area (Å²) in [6.07, 6.45) is 5.56. The van der Waals surface area contributed by atoms with Gasteiger partial charge in [-0.15, -0.1) is 0 Å². The second-order valence-electron chi connectivity index (χ2n) is 3.83. The molecule has 1 N–H and O–H groups in total. The minimum atomic E-state index is 0.0146. The highest BCUT2D eigenvalue weighted by Crippen LogP contribution is 2.11. The molecule has 0 aliphatic heterocycles. The monoisotopic (exact) mass is 248 g/mol. The van der Waals surface area contributed by atoms with Crippen LogP contribution in [0.2, 0.25) is 5.02 Å². The first-order valence-electron chi connectivity index (χ1n) is 5.34. The van der Waals surface area contributed by atoms with Gasteiger partial charge < -0.3 is 5.10 Å². The first-order valence-corrected chi connectivity index (χ1v) is 5.71. The van der Waals surface area contributed by atoms with Crippen molar-refractivity contribution in [2.75, 3.05) is 0 Å². The minimum Gasteiger partial charge on any atom is -0.302 e. The van der Waals surface area contributed by atoms with E-state index in [-0.39, 0.29) is 5.56 Å². The second-order valence-corrected chi connectivity index (χ2v) is 4.27. The van der Waals surface area contributed by atoms with Crippen molar-refractivity contribution in [1.82, 2.24) is 9.78 Å². The molecule has 0 saturated carbocycles. The zero-order valence-electron chi connectivity index (χ0n) is 9.48. The smallest absolute Gasteiger partial charge is 0.269 e. The van der Waals surface area contributed by atoms with Gasteiger partial charge in [-0.1, -0.05) is 35.9 Å². The molecule has 0 spiro atoms. The van der Waals surface area contributed by atoms with Crippen molar-refractivity contribution in [3.05, 3.63) is 63.0 Å². The van der Waals surface area contributed by atoms with Crippen LogP contribution in [0.15, 0.2) is 41.3 Å². The van der Waals surface area contributed by atoms with Gasteiger partial charge in [0.2, 0.25) is 0 Å². The van der Waals surface area contributed by atoms with E-state index in [4.69, 9.17) is 11.6 Å². The topological polar surface area (TPSA) is 37.8 Å². The number of aromatic amines is 1. The molecule has 4 heteroatoms. The molecule has 0 bridgehead atoms. The second kappa shape index (κ2) is 5.06. The van der Waals surface area contributed by atoms with Crippen LogP contribution in [0.25, 0.3) is 6.08 Å². The zero-order chi connectivity index (χ0) is 12.3. The zero-order valence-corrected chi connectivity index (χ0v) is 10.2. The number of nitrogens with zero attached hydrogens (tertiary/aromatic N) is 1. The van der Waals surface area contributed by atoms with Crippen molar-refractivity contribution >= 4 is 17.7 Å². The molecule has 0 aliphatic carbocycles. The molecule has 2 aromatic rings. The van der Waals surface area contributed by atoms with Crippen LogP contribution in [0.5, 0.6) is 0 Å². The molecule has 88 valence electrons. The van der Waals surface area contributed by atoms with Gasteiger partial charge in [-0.3, -0.25) is 4.79 Å². The van der Waals surface area contributed by atoms with E-state index < -0.39 is 0 Å². The molecule has 1 heterocycles. The van der Waals surface area contributed by atoms with Gasteiger partial charge in [-0.05, 0) is 24.6 Å². The molecule has 0 unspecified atom stereocenters. The molecule has 2 rings (SSSR count). The molecule has 0 radical (unpaired) electrons. The third-order valence-electron chi connectivity index (χ3n) is 2.47. The lowest BCUT2D eigenvalue weighted by atomic mass is 10.2. The van der Waals surface area contributed by atoms with E-state index in [2.05, 4.69) is 5.10 Å².